The fraction of sp³-hybridized carbons (Fsp3) is 0.524. The van der Waals surface area contributed by atoms with Gasteiger partial charge < -0.3 is 14.8 Å². The molecule has 0 saturated heterocycles. The lowest BCUT2D eigenvalue weighted by molar-refractivity contribution is 0.262. The Balaban J connectivity index is 1.59. The van der Waals surface area contributed by atoms with E-state index in [9.17, 15) is 0 Å². The summed E-state index contributed by atoms with van der Waals surface area (Å²) in [5.74, 6) is 3.75. The first kappa shape index (κ1) is 19.4. The molecule has 2 heterocycles. The number of aromatic nitrogens is 2. The van der Waals surface area contributed by atoms with Gasteiger partial charge in [0.15, 0.2) is 11.5 Å². The molecule has 0 bridgehead atoms. The van der Waals surface area contributed by atoms with Gasteiger partial charge in [0.2, 0.25) is 0 Å². The first-order valence-electron chi connectivity index (χ1n) is 9.55. The standard InChI is InChI=1S/C21H30N4O2/c1-14(2)21-23-15(3)10-20(24-21)22-7-9-25-8-6-16-11-18(26-4)19(27-5)12-17(16)13-25/h10-12,14H,6-9,13H2,1-5H3,(H,22,23,24). The summed E-state index contributed by atoms with van der Waals surface area (Å²) in [6.07, 6.45) is 1.03. The van der Waals surface area contributed by atoms with Crippen molar-refractivity contribution in [2.24, 2.45) is 0 Å². The second-order valence-corrected chi connectivity index (χ2v) is 7.34. The van der Waals surface area contributed by atoms with Crippen molar-refractivity contribution in [2.45, 2.75) is 39.7 Å². The number of rotatable bonds is 7. The van der Waals surface area contributed by atoms with E-state index in [1.807, 2.05) is 13.0 Å². The molecule has 0 radical (unpaired) electrons. The van der Waals surface area contributed by atoms with Gasteiger partial charge in [-0.15, -0.1) is 0 Å². The predicted molar refractivity (Wildman–Crippen MR) is 108 cm³/mol. The molecule has 27 heavy (non-hydrogen) atoms. The summed E-state index contributed by atoms with van der Waals surface area (Å²) in [5, 5.41) is 3.46. The van der Waals surface area contributed by atoms with E-state index in [0.717, 1.165) is 61.4 Å². The Bertz CT molecular complexity index is 792. The number of hydrogen-bond acceptors (Lipinski definition) is 6. The molecule has 1 aromatic heterocycles. The van der Waals surface area contributed by atoms with E-state index in [1.54, 1.807) is 14.2 Å². The highest BCUT2D eigenvalue weighted by Crippen LogP contribution is 2.33. The molecular formula is C21H30N4O2. The van der Waals surface area contributed by atoms with Gasteiger partial charge in [0.25, 0.3) is 0 Å². The summed E-state index contributed by atoms with van der Waals surface area (Å²) in [4.78, 5) is 11.6. The zero-order valence-corrected chi connectivity index (χ0v) is 17.0. The Labute approximate surface area is 161 Å². The molecule has 0 fully saturated rings. The zero-order valence-electron chi connectivity index (χ0n) is 17.0. The third-order valence-electron chi connectivity index (χ3n) is 4.92. The third-order valence-corrected chi connectivity index (χ3v) is 4.92. The lowest BCUT2D eigenvalue weighted by atomic mass is 9.99. The molecule has 1 aliphatic rings. The second kappa shape index (κ2) is 8.57. The largest absolute Gasteiger partial charge is 0.493 e. The number of anilines is 1. The van der Waals surface area contributed by atoms with E-state index >= 15 is 0 Å². The Morgan fingerprint density at radius 2 is 1.78 bits per heavy atom. The van der Waals surface area contributed by atoms with Crippen LogP contribution >= 0.6 is 0 Å². The molecule has 3 rings (SSSR count). The number of nitrogens with one attached hydrogen (secondary N) is 1. The van der Waals surface area contributed by atoms with Gasteiger partial charge in [-0.2, -0.15) is 0 Å². The maximum Gasteiger partial charge on any atom is 0.161 e. The lowest BCUT2D eigenvalue weighted by Crippen LogP contribution is -2.34. The van der Waals surface area contributed by atoms with Gasteiger partial charge in [0, 0.05) is 43.9 Å². The maximum absolute atomic E-state index is 5.45. The van der Waals surface area contributed by atoms with Gasteiger partial charge in [-0.25, -0.2) is 9.97 Å². The van der Waals surface area contributed by atoms with E-state index in [4.69, 9.17) is 9.47 Å². The van der Waals surface area contributed by atoms with Gasteiger partial charge in [-0.05, 0) is 36.6 Å². The Hall–Kier alpha value is -2.34. The predicted octanol–water partition coefficient (Wildman–Crippen LogP) is 3.40. The molecule has 2 aromatic rings. The normalized spacial score (nSPS) is 14.1. The molecule has 0 aliphatic carbocycles. The highest BCUT2D eigenvalue weighted by Gasteiger charge is 2.19. The monoisotopic (exact) mass is 370 g/mol. The Morgan fingerprint density at radius 1 is 1.07 bits per heavy atom. The zero-order chi connectivity index (χ0) is 19.4. The second-order valence-electron chi connectivity index (χ2n) is 7.34. The van der Waals surface area contributed by atoms with Gasteiger partial charge in [0.1, 0.15) is 11.6 Å². The van der Waals surface area contributed by atoms with Crippen molar-refractivity contribution in [3.63, 3.8) is 0 Å². The van der Waals surface area contributed by atoms with E-state index in [2.05, 4.69) is 46.2 Å². The number of hydrogen-bond donors (Lipinski definition) is 1. The van der Waals surface area contributed by atoms with Crippen LogP contribution in [0.3, 0.4) is 0 Å². The fourth-order valence-electron chi connectivity index (χ4n) is 3.41. The van der Waals surface area contributed by atoms with Crippen LogP contribution in [0.1, 0.15) is 42.4 Å². The lowest BCUT2D eigenvalue weighted by Gasteiger charge is -2.29. The molecule has 1 aliphatic heterocycles. The summed E-state index contributed by atoms with van der Waals surface area (Å²) in [7, 11) is 3.37. The summed E-state index contributed by atoms with van der Waals surface area (Å²) in [6, 6.07) is 6.23. The van der Waals surface area contributed by atoms with Crippen LogP contribution in [0, 0.1) is 6.92 Å². The number of ether oxygens (including phenoxy) is 2. The highest BCUT2D eigenvalue weighted by molar-refractivity contribution is 5.48. The average Bonchev–Trinajstić information content (AvgIpc) is 2.66. The highest BCUT2D eigenvalue weighted by atomic mass is 16.5. The van der Waals surface area contributed by atoms with Gasteiger partial charge in [-0.1, -0.05) is 13.8 Å². The smallest absolute Gasteiger partial charge is 0.161 e. The molecule has 0 saturated carbocycles. The van der Waals surface area contributed by atoms with Crippen molar-refractivity contribution < 1.29 is 9.47 Å². The molecular weight excluding hydrogens is 340 g/mol. The van der Waals surface area contributed by atoms with Crippen LogP contribution in [0.2, 0.25) is 0 Å². The van der Waals surface area contributed by atoms with Crippen molar-refractivity contribution >= 4 is 5.82 Å². The average molecular weight is 370 g/mol. The van der Waals surface area contributed by atoms with Crippen LogP contribution < -0.4 is 14.8 Å². The molecule has 0 spiro atoms. The molecule has 0 amide bonds. The van der Waals surface area contributed by atoms with Crippen molar-refractivity contribution in [1.82, 2.24) is 14.9 Å². The number of methoxy groups -OCH3 is 2. The molecule has 0 unspecified atom stereocenters. The quantitative estimate of drug-likeness (QED) is 0.806. The molecule has 1 N–H and O–H groups in total. The minimum Gasteiger partial charge on any atom is -0.493 e. The fourth-order valence-corrected chi connectivity index (χ4v) is 3.41. The Morgan fingerprint density at radius 3 is 2.44 bits per heavy atom. The summed E-state index contributed by atoms with van der Waals surface area (Å²) < 4.78 is 10.9. The third kappa shape index (κ3) is 4.69. The van der Waals surface area contributed by atoms with Crippen molar-refractivity contribution in [3.05, 3.63) is 40.8 Å². The SMILES string of the molecule is COc1cc2c(cc1OC)CN(CCNc1cc(C)nc(C(C)C)n1)CC2. The summed E-state index contributed by atoms with van der Waals surface area (Å²) >= 11 is 0. The first-order chi connectivity index (χ1) is 13.0. The van der Waals surface area contributed by atoms with Crippen LogP contribution in [-0.4, -0.2) is 48.7 Å². The van der Waals surface area contributed by atoms with Gasteiger partial charge >= 0.3 is 0 Å². The van der Waals surface area contributed by atoms with Gasteiger partial charge in [0.05, 0.1) is 14.2 Å². The van der Waals surface area contributed by atoms with Crippen LogP contribution in [0.4, 0.5) is 5.82 Å². The van der Waals surface area contributed by atoms with E-state index in [0.29, 0.717) is 5.92 Å². The number of nitrogens with zero attached hydrogens (tertiary/aromatic N) is 3. The molecule has 6 heteroatoms. The molecule has 6 nitrogen and oxygen atoms in total. The summed E-state index contributed by atoms with van der Waals surface area (Å²) in [6.45, 7) is 10.0. The minimum atomic E-state index is 0.330. The topological polar surface area (TPSA) is 59.5 Å². The van der Waals surface area contributed by atoms with Crippen molar-refractivity contribution in [1.29, 1.82) is 0 Å². The van der Waals surface area contributed by atoms with E-state index in [1.165, 1.54) is 11.1 Å². The van der Waals surface area contributed by atoms with Crippen molar-refractivity contribution in [2.75, 3.05) is 39.2 Å². The minimum absolute atomic E-state index is 0.330. The number of aryl methyl sites for hydroxylation is 1. The van der Waals surface area contributed by atoms with Gasteiger partial charge in [-0.3, -0.25) is 4.90 Å². The number of benzene rings is 1. The molecule has 146 valence electrons. The maximum atomic E-state index is 5.45. The van der Waals surface area contributed by atoms with Crippen LogP contribution in [0.15, 0.2) is 18.2 Å². The molecule has 0 atom stereocenters. The number of fused-ring (bicyclic) bond motifs is 1. The Kier molecular flexibility index (Phi) is 6.16. The molecule has 1 aromatic carbocycles. The van der Waals surface area contributed by atoms with Crippen LogP contribution in [-0.2, 0) is 13.0 Å². The van der Waals surface area contributed by atoms with E-state index in [-0.39, 0.29) is 0 Å². The first-order valence-corrected chi connectivity index (χ1v) is 9.55. The van der Waals surface area contributed by atoms with Crippen molar-refractivity contribution in [3.8, 4) is 11.5 Å². The van der Waals surface area contributed by atoms with Crippen LogP contribution in [0.25, 0.3) is 0 Å². The van der Waals surface area contributed by atoms with E-state index < -0.39 is 0 Å². The summed E-state index contributed by atoms with van der Waals surface area (Å²) in [5.41, 5.74) is 3.67. The van der Waals surface area contributed by atoms with Crippen LogP contribution in [0.5, 0.6) is 11.5 Å².